The van der Waals surface area contributed by atoms with Crippen LogP contribution >= 0.6 is 11.6 Å². The number of halogens is 1. The van der Waals surface area contributed by atoms with E-state index in [-0.39, 0.29) is 5.91 Å². The molecule has 0 aliphatic rings. The number of hydrogen-bond donors (Lipinski definition) is 1. The van der Waals surface area contributed by atoms with Crippen LogP contribution in [0.4, 0.5) is 5.69 Å². The summed E-state index contributed by atoms with van der Waals surface area (Å²) in [6.07, 6.45) is 1.48. The van der Waals surface area contributed by atoms with Crippen molar-refractivity contribution in [1.29, 1.82) is 0 Å². The number of para-hydroxylation sites is 1. The second kappa shape index (κ2) is 7.56. The van der Waals surface area contributed by atoms with Crippen molar-refractivity contribution in [1.82, 2.24) is 14.8 Å². The van der Waals surface area contributed by atoms with Gasteiger partial charge < -0.3 is 10.1 Å². The van der Waals surface area contributed by atoms with E-state index in [1.54, 1.807) is 11.8 Å². The zero-order valence-electron chi connectivity index (χ0n) is 16.2. The Balaban J connectivity index is 1.77. The number of rotatable bonds is 4. The average molecular weight is 407 g/mol. The van der Waals surface area contributed by atoms with Gasteiger partial charge in [-0.15, -0.1) is 0 Å². The predicted octanol–water partition coefficient (Wildman–Crippen LogP) is 4.95. The quantitative estimate of drug-likeness (QED) is 0.520. The average Bonchev–Trinajstić information content (AvgIpc) is 3.07. The van der Waals surface area contributed by atoms with Crippen molar-refractivity contribution in [2.24, 2.45) is 0 Å². The molecule has 0 radical (unpaired) electrons. The number of anilines is 1. The van der Waals surface area contributed by atoms with Gasteiger partial charge in [0.15, 0.2) is 5.65 Å². The number of amides is 1. The maximum Gasteiger partial charge on any atom is 0.258 e. The number of carbonyl (C=O) groups excluding carboxylic acids is 1. The second-order valence-electron chi connectivity index (χ2n) is 6.65. The first-order valence-electron chi connectivity index (χ1n) is 9.05. The molecule has 0 spiro atoms. The van der Waals surface area contributed by atoms with E-state index in [2.05, 4.69) is 15.4 Å². The van der Waals surface area contributed by atoms with Crippen LogP contribution in [0.25, 0.3) is 16.7 Å². The van der Waals surface area contributed by atoms with Crippen LogP contribution in [0.3, 0.4) is 0 Å². The molecule has 0 aliphatic heterocycles. The van der Waals surface area contributed by atoms with Crippen molar-refractivity contribution in [3.8, 4) is 11.4 Å². The summed E-state index contributed by atoms with van der Waals surface area (Å²) in [5.41, 5.74) is 4.06. The zero-order chi connectivity index (χ0) is 20.5. The van der Waals surface area contributed by atoms with Gasteiger partial charge in [-0.1, -0.05) is 35.9 Å². The summed E-state index contributed by atoms with van der Waals surface area (Å²) in [5.74, 6) is 0.399. The van der Waals surface area contributed by atoms with Gasteiger partial charge in [0.25, 0.3) is 5.91 Å². The maximum atomic E-state index is 12.8. The van der Waals surface area contributed by atoms with Crippen LogP contribution in [0.15, 0.2) is 54.7 Å². The highest BCUT2D eigenvalue weighted by Gasteiger charge is 2.20. The lowest BCUT2D eigenvalue weighted by molar-refractivity contribution is 0.102. The fraction of sp³-hybridized carbons (Fsp3) is 0.136. The van der Waals surface area contributed by atoms with Crippen LogP contribution in [-0.2, 0) is 0 Å². The molecular weight excluding hydrogens is 388 g/mol. The monoisotopic (exact) mass is 406 g/mol. The van der Waals surface area contributed by atoms with Gasteiger partial charge in [0.05, 0.1) is 34.5 Å². The topological polar surface area (TPSA) is 69.0 Å². The van der Waals surface area contributed by atoms with Crippen LogP contribution in [-0.4, -0.2) is 27.8 Å². The summed E-state index contributed by atoms with van der Waals surface area (Å²) < 4.78 is 6.99. The number of aryl methyl sites for hydroxylation is 2. The number of aromatic nitrogens is 3. The summed E-state index contributed by atoms with van der Waals surface area (Å²) >= 11 is 6.63. The molecule has 0 fully saturated rings. The van der Waals surface area contributed by atoms with Gasteiger partial charge in [0.1, 0.15) is 5.75 Å². The molecule has 0 unspecified atom stereocenters. The number of carbonyl (C=O) groups is 1. The summed E-state index contributed by atoms with van der Waals surface area (Å²) in [6.45, 7) is 3.77. The fourth-order valence-corrected chi connectivity index (χ4v) is 3.55. The third-order valence-electron chi connectivity index (χ3n) is 4.74. The SMILES string of the molecule is COc1cccc(-n2nc(C)c3c(Cl)c(C(=O)Nc4ccccc4C)cnc32)c1. The minimum absolute atomic E-state index is 0.302. The molecule has 0 aliphatic carbocycles. The smallest absolute Gasteiger partial charge is 0.258 e. The molecule has 6 nitrogen and oxygen atoms in total. The predicted molar refractivity (Wildman–Crippen MR) is 114 cm³/mol. The highest BCUT2D eigenvalue weighted by molar-refractivity contribution is 6.39. The molecule has 0 atom stereocenters. The summed E-state index contributed by atoms with van der Waals surface area (Å²) in [4.78, 5) is 17.3. The third-order valence-corrected chi connectivity index (χ3v) is 5.14. The maximum absolute atomic E-state index is 12.8. The number of nitrogens with zero attached hydrogens (tertiary/aromatic N) is 3. The van der Waals surface area contributed by atoms with Crippen molar-refractivity contribution in [3.63, 3.8) is 0 Å². The molecule has 0 bridgehead atoms. The van der Waals surface area contributed by atoms with E-state index < -0.39 is 0 Å². The van der Waals surface area contributed by atoms with Crippen molar-refractivity contribution in [2.45, 2.75) is 13.8 Å². The number of pyridine rings is 1. The van der Waals surface area contributed by atoms with E-state index >= 15 is 0 Å². The number of methoxy groups -OCH3 is 1. The number of fused-ring (bicyclic) bond motifs is 1. The molecule has 7 heteroatoms. The largest absolute Gasteiger partial charge is 0.497 e. The molecule has 2 heterocycles. The van der Waals surface area contributed by atoms with E-state index in [1.807, 2.05) is 62.4 Å². The van der Waals surface area contributed by atoms with Crippen molar-refractivity contribution in [3.05, 3.63) is 76.6 Å². The molecule has 0 saturated heterocycles. The molecule has 4 aromatic rings. The van der Waals surface area contributed by atoms with Crippen LogP contribution in [0, 0.1) is 13.8 Å². The van der Waals surface area contributed by atoms with E-state index in [1.165, 1.54) is 6.20 Å². The second-order valence-corrected chi connectivity index (χ2v) is 7.03. The van der Waals surface area contributed by atoms with E-state index in [9.17, 15) is 4.79 Å². The van der Waals surface area contributed by atoms with Crippen LogP contribution in [0.1, 0.15) is 21.6 Å². The van der Waals surface area contributed by atoms with E-state index in [0.29, 0.717) is 33.1 Å². The van der Waals surface area contributed by atoms with Gasteiger partial charge in [-0.05, 0) is 37.6 Å². The highest BCUT2D eigenvalue weighted by Crippen LogP contribution is 2.31. The standard InChI is InChI=1S/C22H19ClN4O2/c1-13-7-4-5-10-18(13)25-22(28)17-12-24-21-19(20(17)23)14(2)26-27(21)15-8-6-9-16(11-15)29-3/h4-12H,1-3H3,(H,25,28). The lowest BCUT2D eigenvalue weighted by Crippen LogP contribution is -2.14. The van der Waals surface area contributed by atoms with Gasteiger partial charge in [-0.25, -0.2) is 9.67 Å². The number of nitrogens with one attached hydrogen (secondary N) is 1. The molecule has 4 rings (SSSR count). The molecule has 0 saturated carbocycles. The highest BCUT2D eigenvalue weighted by atomic mass is 35.5. The van der Waals surface area contributed by atoms with Gasteiger partial charge in [-0.3, -0.25) is 4.79 Å². The van der Waals surface area contributed by atoms with Crippen molar-refractivity contribution >= 4 is 34.2 Å². The number of ether oxygens (including phenoxy) is 1. The molecule has 29 heavy (non-hydrogen) atoms. The Labute approximate surface area is 173 Å². The van der Waals surface area contributed by atoms with Crippen LogP contribution in [0.5, 0.6) is 5.75 Å². The summed E-state index contributed by atoms with van der Waals surface area (Å²) in [7, 11) is 1.61. The minimum Gasteiger partial charge on any atom is -0.497 e. The first-order chi connectivity index (χ1) is 14.0. The van der Waals surface area contributed by atoms with Crippen molar-refractivity contribution < 1.29 is 9.53 Å². The number of hydrogen-bond acceptors (Lipinski definition) is 4. The van der Waals surface area contributed by atoms with Crippen LogP contribution in [0.2, 0.25) is 5.02 Å². The van der Waals surface area contributed by atoms with Gasteiger partial charge in [0.2, 0.25) is 0 Å². The van der Waals surface area contributed by atoms with Gasteiger partial charge in [0, 0.05) is 18.0 Å². The van der Waals surface area contributed by atoms with E-state index in [0.717, 1.165) is 16.9 Å². The first kappa shape index (κ1) is 19.0. The normalized spacial score (nSPS) is 10.9. The Hall–Kier alpha value is -3.38. The lowest BCUT2D eigenvalue weighted by atomic mass is 10.1. The third kappa shape index (κ3) is 3.43. The molecular formula is C22H19ClN4O2. The van der Waals surface area contributed by atoms with Crippen LogP contribution < -0.4 is 10.1 Å². The Morgan fingerprint density at radius 2 is 1.93 bits per heavy atom. The van der Waals surface area contributed by atoms with Gasteiger partial charge in [-0.2, -0.15) is 5.10 Å². The molecule has 2 aromatic carbocycles. The summed E-state index contributed by atoms with van der Waals surface area (Å²) in [5, 5.41) is 8.45. The molecule has 1 N–H and O–H groups in total. The first-order valence-corrected chi connectivity index (χ1v) is 9.42. The summed E-state index contributed by atoms with van der Waals surface area (Å²) in [6, 6.07) is 15.1. The van der Waals surface area contributed by atoms with Crippen molar-refractivity contribution in [2.75, 3.05) is 12.4 Å². The Morgan fingerprint density at radius 3 is 2.69 bits per heavy atom. The molecule has 2 aromatic heterocycles. The van der Waals surface area contributed by atoms with E-state index in [4.69, 9.17) is 16.3 Å². The number of benzene rings is 2. The minimum atomic E-state index is -0.313. The zero-order valence-corrected chi connectivity index (χ0v) is 17.0. The Bertz CT molecular complexity index is 1230. The lowest BCUT2D eigenvalue weighted by Gasteiger charge is -2.10. The fourth-order valence-electron chi connectivity index (χ4n) is 3.19. The molecule has 1 amide bonds. The molecule has 146 valence electrons. The Morgan fingerprint density at radius 1 is 1.14 bits per heavy atom. The van der Waals surface area contributed by atoms with Gasteiger partial charge >= 0.3 is 0 Å². The Kier molecular flexibility index (Phi) is 4.94.